The van der Waals surface area contributed by atoms with Gasteiger partial charge in [-0.15, -0.1) is 0 Å². The Labute approximate surface area is 124 Å². The van der Waals surface area contributed by atoms with Gasteiger partial charge in [-0.1, -0.05) is 0 Å². The molecule has 2 aromatic carbocycles. The van der Waals surface area contributed by atoms with Crippen LogP contribution in [0, 0.1) is 58.2 Å². The minimum atomic E-state index is -2.58. The number of hydrogen-bond donors (Lipinski definition) is 0. The van der Waals surface area contributed by atoms with Crippen LogP contribution in [0.3, 0.4) is 0 Å². The third-order valence-electron chi connectivity index (χ3n) is 2.55. The molecule has 2 aromatic rings. The Bertz CT molecular complexity index is 708. The highest BCUT2D eigenvalue weighted by Crippen LogP contribution is 2.32. The van der Waals surface area contributed by atoms with Crippen LogP contribution in [-0.4, -0.2) is 0 Å². The second-order valence-electron chi connectivity index (χ2n) is 3.96. The van der Waals surface area contributed by atoms with E-state index in [0.29, 0.717) is 0 Å². The molecule has 0 saturated carbocycles. The lowest BCUT2D eigenvalue weighted by molar-refractivity contribution is -0.114. The first-order chi connectivity index (χ1) is 11.1. The van der Waals surface area contributed by atoms with E-state index in [1.54, 1.807) is 0 Å². The van der Waals surface area contributed by atoms with Gasteiger partial charge < -0.3 is 0 Å². The Balaban J connectivity index is 2.48. The molecule has 0 fully saturated rings. The molecule has 0 heterocycles. The van der Waals surface area contributed by atoms with Crippen LogP contribution in [-0.2, 0) is 0 Å². The summed E-state index contributed by atoms with van der Waals surface area (Å²) in [5.41, 5.74) is 0. The summed E-state index contributed by atoms with van der Waals surface area (Å²) in [6, 6.07) is 0. The van der Waals surface area contributed by atoms with E-state index in [-0.39, 0.29) is 0 Å². The molecule has 0 bridgehead atoms. The molecule has 24 heavy (non-hydrogen) atoms. The zero-order chi connectivity index (χ0) is 18.3. The lowest BCUT2D eigenvalue weighted by atomic mass is 10.2. The third kappa shape index (κ3) is 2.57. The Morgan fingerprint density at radius 1 is 0.292 bits per heavy atom. The molecule has 0 atom stereocenters. The maximum Gasteiger partial charge on any atom is 0.255 e. The Morgan fingerprint density at radius 2 is 0.458 bits per heavy atom. The fraction of sp³-hybridized carbons (Fsp3) is 0. The van der Waals surface area contributed by atoms with Gasteiger partial charge in [-0.25, -0.2) is 26.3 Å². The Hall–Kier alpha value is -2.66. The predicted molar refractivity (Wildman–Crippen MR) is 53.7 cm³/mol. The largest absolute Gasteiger partial charge is 0.283 e. The van der Waals surface area contributed by atoms with Gasteiger partial charge in [0.15, 0.2) is 0 Å². The van der Waals surface area contributed by atoms with Crippen molar-refractivity contribution in [3.05, 3.63) is 58.2 Å². The van der Waals surface area contributed by atoms with Crippen LogP contribution >= 0.6 is 0 Å². The van der Waals surface area contributed by atoms with Crippen molar-refractivity contribution in [3.8, 4) is 11.5 Å². The van der Waals surface area contributed by atoms with Gasteiger partial charge in [0.1, 0.15) is 0 Å². The summed E-state index contributed by atoms with van der Waals surface area (Å²) in [6.07, 6.45) is 0. The lowest BCUT2D eigenvalue weighted by Crippen LogP contribution is -2.13. The monoisotopic (exact) mass is 366 g/mol. The number of rotatable bonds is 3. The van der Waals surface area contributed by atoms with Crippen molar-refractivity contribution in [3.63, 3.8) is 0 Å². The number of hydrogen-bond acceptors (Lipinski definition) is 2. The zero-order valence-electron chi connectivity index (χ0n) is 10.6. The molecular weight excluding hydrogens is 366 g/mol. The highest BCUT2D eigenvalue weighted by atomic mass is 19.2. The van der Waals surface area contributed by atoms with Crippen molar-refractivity contribution in [2.45, 2.75) is 0 Å². The molecule has 130 valence electrons. The lowest BCUT2D eigenvalue weighted by Gasteiger charge is -2.11. The van der Waals surface area contributed by atoms with E-state index >= 15 is 0 Å². The summed E-state index contributed by atoms with van der Waals surface area (Å²) in [7, 11) is 0. The standard InChI is InChI=1S/C12F10O2/c13-1-3(15)7(19)11(8(20)4(1)16)23-24-12-9(21)5(17)2(14)6(18)10(12)22. The topological polar surface area (TPSA) is 18.5 Å². The van der Waals surface area contributed by atoms with Crippen molar-refractivity contribution >= 4 is 0 Å². The van der Waals surface area contributed by atoms with Gasteiger partial charge in [0.2, 0.25) is 58.2 Å². The molecule has 0 aromatic heterocycles. The molecule has 0 aliphatic rings. The van der Waals surface area contributed by atoms with Crippen LogP contribution in [0.2, 0.25) is 0 Å². The fourth-order valence-corrected chi connectivity index (χ4v) is 1.40. The first kappa shape index (κ1) is 17.7. The fourth-order valence-electron chi connectivity index (χ4n) is 1.40. The average molecular weight is 366 g/mol. The summed E-state index contributed by atoms with van der Waals surface area (Å²) in [5, 5.41) is 0. The van der Waals surface area contributed by atoms with E-state index in [4.69, 9.17) is 0 Å². The summed E-state index contributed by atoms with van der Waals surface area (Å²) >= 11 is 0. The first-order valence-corrected chi connectivity index (χ1v) is 5.46. The van der Waals surface area contributed by atoms with E-state index < -0.39 is 69.7 Å². The average Bonchev–Trinajstić information content (AvgIpc) is 2.57. The molecule has 0 aliphatic heterocycles. The molecule has 0 N–H and O–H groups in total. The van der Waals surface area contributed by atoms with Crippen molar-refractivity contribution in [2.24, 2.45) is 0 Å². The summed E-state index contributed by atoms with van der Waals surface area (Å²) < 4.78 is 130. The summed E-state index contributed by atoms with van der Waals surface area (Å²) in [6.45, 7) is 0. The number of halogens is 10. The van der Waals surface area contributed by atoms with Crippen LogP contribution < -0.4 is 9.78 Å². The molecule has 12 heteroatoms. The molecule has 2 nitrogen and oxygen atoms in total. The smallest absolute Gasteiger partial charge is 0.255 e. The molecule has 2 rings (SSSR count). The predicted octanol–water partition coefficient (Wildman–Crippen LogP) is 4.45. The van der Waals surface area contributed by atoms with E-state index in [9.17, 15) is 43.9 Å². The highest BCUT2D eigenvalue weighted by Gasteiger charge is 2.31. The van der Waals surface area contributed by atoms with Crippen molar-refractivity contribution < 1.29 is 53.7 Å². The van der Waals surface area contributed by atoms with Crippen LogP contribution in [0.15, 0.2) is 0 Å². The van der Waals surface area contributed by atoms with Gasteiger partial charge in [0.05, 0.1) is 0 Å². The number of benzene rings is 2. The SMILES string of the molecule is Fc1c(F)c(F)c(OOc2c(F)c(F)c(F)c(F)c2F)c(F)c1F. The normalized spacial score (nSPS) is 10.9. The van der Waals surface area contributed by atoms with Gasteiger partial charge in [0.25, 0.3) is 11.5 Å². The maximum atomic E-state index is 13.2. The third-order valence-corrected chi connectivity index (χ3v) is 2.55. The summed E-state index contributed by atoms with van der Waals surface area (Å²) in [5.74, 6) is -29.9. The van der Waals surface area contributed by atoms with Gasteiger partial charge >= 0.3 is 0 Å². The van der Waals surface area contributed by atoms with Gasteiger partial charge in [0, 0.05) is 0 Å². The molecule has 0 aliphatic carbocycles. The second-order valence-corrected chi connectivity index (χ2v) is 3.96. The molecule has 0 unspecified atom stereocenters. The Morgan fingerprint density at radius 3 is 0.667 bits per heavy atom. The minimum Gasteiger partial charge on any atom is -0.283 e. The van der Waals surface area contributed by atoms with Crippen molar-refractivity contribution in [1.82, 2.24) is 0 Å². The van der Waals surface area contributed by atoms with Gasteiger partial charge in [-0.2, -0.15) is 17.6 Å². The van der Waals surface area contributed by atoms with E-state index in [1.807, 2.05) is 0 Å². The molecule has 0 radical (unpaired) electrons. The summed E-state index contributed by atoms with van der Waals surface area (Å²) in [4.78, 5) is 7.10. The van der Waals surface area contributed by atoms with E-state index in [2.05, 4.69) is 9.78 Å². The van der Waals surface area contributed by atoms with Crippen LogP contribution in [0.1, 0.15) is 0 Å². The van der Waals surface area contributed by atoms with Gasteiger partial charge in [-0.3, -0.25) is 9.78 Å². The molecule has 0 spiro atoms. The molecular formula is C12F10O2. The van der Waals surface area contributed by atoms with Crippen LogP contribution in [0.25, 0.3) is 0 Å². The Kier molecular flexibility index (Phi) is 4.49. The van der Waals surface area contributed by atoms with Crippen LogP contribution in [0.5, 0.6) is 11.5 Å². The van der Waals surface area contributed by atoms with E-state index in [1.165, 1.54) is 0 Å². The first-order valence-electron chi connectivity index (χ1n) is 5.46. The highest BCUT2D eigenvalue weighted by molar-refractivity contribution is 5.31. The minimum absolute atomic E-state index is 2.16. The van der Waals surface area contributed by atoms with Crippen molar-refractivity contribution in [1.29, 1.82) is 0 Å². The zero-order valence-corrected chi connectivity index (χ0v) is 10.6. The quantitative estimate of drug-likeness (QED) is 0.263. The van der Waals surface area contributed by atoms with E-state index in [0.717, 1.165) is 0 Å². The van der Waals surface area contributed by atoms with Crippen molar-refractivity contribution in [2.75, 3.05) is 0 Å². The maximum absolute atomic E-state index is 13.2. The van der Waals surface area contributed by atoms with Crippen LogP contribution in [0.4, 0.5) is 43.9 Å². The molecule has 0 amide bonds. The second kappa shape index (κ2) is 6.09. The van der Waals surface area contributed by atoms with Gasteiger partial charge in [-0.05, 0) is 0 Å². The molecule has 0 saturated heterocycles.